The third-order valence-corrected chi connectivity index (χ3v) is 6.21. The van der Waals surface area contributed by atoms with Gasteiger partial charge >= 0.3 is 0 Å². The molecule has 1 aliphatic rings. The highest BCUT2D eigenvalue weighted by Crippen LogP contribution is 2.20. The zero-order valence-corrected chi connectivity index (χ0v) is 15.5. The lowest BCUT2D eigenvalue weighted by Gasteiger charge is -2.32. The number of anilines is 1. The van der Waals surface area contributed by atoms with Gasteiger partial charge in [-0.15, -0.1) is 15.3 Å². The Bertz CT molecular complexity index is 1060. The molecule has 1 aliphatic heterocycles. The van der Waals surface area contributed by atoms with Crippen LogP contribution in [0.25, 0.3) is 5.65 Å². The molecule has 27 heavy (non-hydrogen) atoms. The van der Waals surface area contributed by atoms with Crippen molar-refractivity contribution in [3.63, 3.8) is 0 Å². The minimum absolute atomic E-state index is 0.0709. The van der Waals surface area contributed by atoms with Crippen LogP contribution < -0.4 is 9.62 Å². The molecule has 0 bridgehead atoms. The highest BCUT2D eigenvalue weighted by atomic mass is 32.2. The summed E-state index contributed by atoms with van der Waals surface area (Å²) >= 11 is 0. The van der Waals surface area contributed by atoms with Crippen LogP contribution in [0.2, 0.25) is 0 Å². The van der Waals surface area contributed by atoms with Crippen LogP contribution in [0.15, 0.2) is 41.3 Å². The zero-order valence-electron chi connectivity index (χ0n) is 14.7. The third-order valence-electron chi connectivity index (χ3n) is 4.67. The summed E-state index contributed by atoms with van der Waals surface area (Å²) in [6.45, 7) is 3.19. The van der Waals surface area contributed by atoms with Crippen molar-refractivity contribution >= 4 is 21.5 Å². The van der Waals surface area contributed by atoms with E-state index in [1.165, 1.54) is 12.1 Å². The number of fused-ring (bicyclic) bond motifs is 1. The van der Waals surface area contributed by atoms with E-state index in [4.69, 9.17) is 0 Å². The highest BCUT2D eigenvalue weighted by molar-refractivity contribution is 7.89. The largest absolute Gasteiger partial charge is 0.355 e. The van der Waals surface area contributed by atoms with Crippen LogP contribution in [0, 0.1) is 12.7 Å². The van der Waals surface area contributed by atoms with Crippen molar-refractivity contribution in [2.75, 3.05) is 18.0 Å². The monoisotopic (exact) mass is 390 g/mol. The molecule has 8 nitrogen and oxygen atoms in total. The Morgan fingerprint density at radius 1 is 1.07 bits per heavy atom. The molecule has 2 aromatic heterocycles. The Balaban J connectivity index is 1.42. The number of aryl methyl sites for hydroxylation is 1. The SMILES string of the molecule is Cc1nnc2ccc(N3CCC(NS(=O)(=O)c4ccc(F)cc4)CC3)nn12. The predicted molar refractivity (Wildman–Crippen MR) is 97.5 cm³/mol. The first-order valence-corrected chi connectivity index (χ1v) is 10.1. The Kier molecular flexibility index (Phi) is 4.52. The number of piperidine rings is 1. The molecule has 4 rings (SSSR count). The minimum Gasteiger partial charge on any atom is -0.355 e. The first-order chi connectivity index (χ1) is 12.9. The molecule has 0 atom stereocenters. The summed E-state index contributed by atoms with van der Waals surface area (Å²) in [5.74, 6) is 1.06. The molecule has 3 heterocycles. The first kappa shape index (κ1) is 17.8. The molecule has 0 radical (unpaired) electrons. The van der Waals surface area contributed by atoms with Gasteiger partial charge < -0.3 is 4.90 Å². The molecule has 0 spiro atoms. The molecule has 1 N–H and O–H groups in total. The number of hydrogen-bond donors (Lipinski definition) is 1. The van der Waals surface area contributed by atoms with Crippen molar-refractivity contribution in [2.24, 2.45) is 0 Å². The van der Waals surface area contributed by atoms with Gasteiger partial charge in [0, 0.05) is 19.1 Å². The van der Waals surface area contributed by atoms with Crippen molar-refractivity contribution in [2.45, 2.75) is 30.7 Å². The molecule has 1 fully saturated rings. The second kappa shape index (κ2) is 6.86. The van der Waals surface area contributed by atoms with E-state index in [0.717, 1.165) is 18.0 Å². The summed E-state index contributed by atoms with van der Waals surface area (Å²) in [7, 11) is -3.66. The van der Waals surface area contributed by atoms with Crippen LogP contribution in [-0.2, 0) is 10.0 Å². The summed E-state index contributed by atoms with van der Waals surface area (Å²) in [5.41, 5.74) is 0.693. The Morgan fingerprint density at radius 2 is 1.78 bits per heavy atom. The summed E-state index contributed by atoms with van der Waals surface area (Å²) in [6.07, 6.45) is 1.31. The molecule has 0 aliphatic carbocycles. The van der Waals surface area contributed by atoms with E-state index in [1.807, 2.05) is 19.1 Å². The summed E-state index contributed by atoms with van der Waals surface area (Å²) < 4.78 is 42.3. The summed E-state index contributed by atoms with van der Waals surface area (Å²) in [6, 6.07) is 8.42. The van der Waals surface area contributed by atoms with Gasteiger partial charge in [-0.25, -0.2) is 17.5 Å². The van der Waals surface area contributed by atoms with Crippen LogP contribution in [0.3, 0.4) is 0 Å². The van der Waals surface area contributed by atoms with E-state index in [0.29, 0.717) is 37.4 Å². The minimum atomic E-state index is -3.66. The number of hydrogen-bond acceptors (Lipinski definition) is 6. The highest BCUT2D eigenvalue weighted by Gasteiger charge is 2.25. The number of sulfonamides is 1. The van der Waals surface area contributed by atoms with Gasteiger partial charge in [0.15, 0.2) is 11.5 Å². The predicted octanol–water partition coefficient (Wildman–Crippen LogP) is 1.52. The standard InChI is InChI=1S/C17H19FN6O2S/c1-12-19-20-16-6-7-17(21-24(12)16)23-10-8-14(9-11-23)22-27(25,26)15-4-2-13(18)3-5-15/h2-7,14,22H,8-11H2,1H3. The van der Waals surface area contributed by atoms with E-state index in [2.05, 4.69) is 24.9 Å². The Labute approximate surface area is 156 Å². The lowest BCUT2D eigenvalue weighted by Crippen LogP contribution is -2.45. The van der Waals surface area contributed by atoms with Crippen molar-refractivity contribution in [3.8, 4) is 0 Å². The van der Waals surface area contributed by atoms with Crippen molar-refractivity contribution in [1.29, 1.82) is 0 Å². The molecule has 0 amide bonds. The Morgan fingerprint density at radius 3 is 2.48 bits per heavy atom. The average Bonchev–Trinajstić information content (AvgIpc) is 3.03. The molecular weight excluding hydrogens is 371 g/mol. The van der Waals surface area contributed by atoms with Gasteiger partial charge in [0.25, 0.3) is 0 Å². The maximum Gasteiger partial charge on any atom is 0.240 e. The van der Waals surface area contributed by atoms with Gasteiger partial charge in [-0.05, 0) is 56.2 Å². The van der Waals surface area contributed by atoms with Crippen LogP contribution in [0.1, 0.15) is 18.7 Å². The topological polar surface area (TPSA) is 92.5 Å². The molecule has 1 saturated heterocycles. The maximum absolute atomic E-state index is 13.0. The summed E-state index contributed by atoms with van der Waals surface area (Å²) in [4.78, 5) is 2.18. The second-order valence-electron chi connectivity index (χ2n) is 6.55. The van der Waals surface area contributed by atoms with Crippen LogP contribution in [0.4, 0.5) is 10.2 Å². The van der Waals surface area contributed by atoms with Gasteiger partial charge in [0.05, 0.1) is 4.90 Å². The van der Waals surface area contributed by atoms with Gasteiger partial charge in [-0.2, -0.15) is 4.52 Å². The van der Waals surface area contributed by atoms with Crippen LogP contribution >= 0.6 is 0 Å². The van der Waals surface area contributed by atoms with Gasteiger partial charge in [-0.3, -0.25) is 0 Å². The lowest BCUT2D eigenvalue weighted by molar-refractivity contribution is 0.457. The van der Waals surface area contributed by atoms with Gasteiger partial charge in [0.1, 0.15) is 11.6 Å². The normalized spacial score (nSPS) is 16.1. The lowest BCUT2D eigenvalue weighted by atomic mass is 10.1. The van der Waals surface area contributed by atoms with E-state index in [9.17, 15) is 12.8 Å². The van der Waals surface area contributed by atoms with Crippen molar-refractivity contribution < 1.29 is 12.8 Å². The Hall–Kier alpha value is -2.59. The molecule has 3 aromatic rings. The van der Waals surface area contributed by atoms with E-state index >= 15 is 0 Å². The van der Waals surface area contributed by atoms with Crippen molar-refractivity contribution in [3.05, 3.63) is 48.0 Å². The molecule has 1 aromatic carbocycles. The number of rotatable bonds is 4. The van der Waals surface area contributed by atoms with E-state index in [-0.39, 0.29) is 10.9 Å². The maximum atomic E-state index is 13.0. The van der Waals surface area contributed by atoms with Gasteiger partial charge in [-0.1, -0.05) is 0 Å². The van der Waals surface area contributed by atoms with E-state index in [1.54, 1.807) is 4.52 Å². The molecule has 0 unspecified atom stereocenters. The quantitative estimate of drug-likeness (QED) is 0.726. The fraction of sp³-hybridized carbons (Fsp3) is 0.353. The first-order valence-electron chi connectivity index (χ1n) is 8.64. The summed E-state index contributed by atoms with van der Waals surface area (Å²) in [5, 5.41) is 12.6. The number of benzene rings is 1. The number of nitrogens with zero attached hydrogens (tertiary/aromatic N) is 5. The molecular formula is C17H19FN6O2S. The van der Waals surface area contributed by atoms with Crippen LogP contribution in [0.5, 0.6) is 0 Å². The molecule has 142 valence electrons. The van der Waals surface area contributed by atoms with Crippen molar-refractivity contribution in [1.82, 2.24) is 24.5 Å². The number of aromatic nitrogens is 4. The van der Waals surface area contributed by atoms with Gasteiger partial charge in [0.2, 0.25) is 10.0 Å². The molecule has 0 saturated carbocycles. The average molecular weight is 390 g/mol. The van der Waals surface area contributed by atoms with Crippen LogP contribution in [-0.4, -0.2) is 47.4 Å². The number of nitrogens with one attached hydrogen (secondary N) is 1. The number of halogens is 1. The van der Waals surface area contributed by atoms with E-state index < -0.39 is 15.8 Å². The fourth-order valence-corrected chi connectivity index (χ4v) is 4.49. The molecule has 10 heteroatoms. The third kappa shape index (κ3) is 3.62. The second-order valence-corrected chi connectivity index (χ2v) is 8.26. The smallest absolute Gasteiger partial charge is 0.240 e. The fourth-order valence-electron chi connectivity index (χ4n) is 3.18. The zero-order chi connectivity index (χ0) is 19.0.